The fourth-order valence-corrected chi connectivity index (χ4v) is 2.20. The summed E-state index contributed by atoms with van der Waals surface area (Å²) in [5, 5.41) is 0. The third kappa shape index (κ3) is 1.73. The molecule has 17 heavy (non-hydrogen) atoms. The van der Waals surface area contributed by atoms with Gasteiger partial charge in [-0.3, -0.25) is 9.78 Å². The van der Waals surface area contributed by atoms with Gasteiger partial charge >= 0.3 is 0 Å². The molecule has 0 unspecified atom stereocenters. The molecule has 3 heteroatoms. The summed E-state index contributed by atoms with van der Waals surface area (Å²) < 4.78 is 13.1. The van der Waals surface area contributed by atoms with Crippen LogP contribution in [0.25, 0.3) is 11.1 Å². The minimum absolute atomic E-state index is 0.198. The lowest BCUT2D eigenvalue weighted by atomic mass is 10.0. The van der Waals surface area contributed by atoms with E-state index in [1.165, 1.54) is 12.3 Å². The Labute approximate surface area is 98.1 Å². The van der Waals surface area contributed by atoms with Crippen molar-refractivity contribution in [2.75, 3.05) is 0 Å². The molecule has 0 saturated heterocycles. The van der Waals surface area contributed by atoms with Crippen molar-refractivity contribution in [2.24, 2.45) is 0 Å². The number of benzene rings is 1. The summed E-state index contributed by atoms with van der Waals surface area (Å²) in [4.78, 5) is 15.3. The number of aryl methyl sites for hydroxylation is 1. The van der Waals surface area contributed by atoms with Crippen LogP contribution in [0.4, 0.5) is 4.39 Å². The number of Topliss-reactive ketones (excluding diaryl/α,β-unsaturated/α-hetero) is 1. The zero-order valence-electron chi connectivity index (χ0n) is 9.11. The van der Waals surface area contributed by atoms with Gasteiger partial charge in [-0.15, -0.1) is 0 Å². The lowest BCUT2D eigenvalue weighted by Gasteiger charge is -2.04. The molecule has 0 fully saturated rings. The van der Waals surface area contributed by atoms with Gasteiger partial charge in [0.1, 0.15) is 5.82 Å². The highest BCUT2D eigenvalue weighted by molar-refractivity contribution is 6.00. The number of rotatable bonds is 1. The quantitative estimate of drug-likeness (QED) is 0.749. The highest BCUT2D eigenvalue weighted by atomic mass is 19.1. The van der Waals surface area contributed by atoms with Crippen molar-refractivity contribution in [1.82, 2.24) is 4.98 Å². The van der Waals surface area contributed by atoms with E-state index < -0.39 is 0 Å². The molecule has 84 valence electrons. The summed E-state index contributed by atoms with van der Waals surface area (Å²) >= 11 is 0. The van der Waals surface area contributed by atoms with Crippen LogP contribution in [0.15, 0.2) is 36.7 Å². The Kier molecular flexibility index (Phi) is 2.25. The maximum Gasteiger partial charge on any atom is 0.163 e. The first-order valence-corrected chi connectivity index (χ1v) is 5.51. The first-order valence-electron chi connectivity index (χ1n) is 5.51. The number of halogens is 1. The Morgan fingerprint density at radius 1 is 1.06 bits per heavy atom. The van der Waals surface area contributed by atoms with Crippen molar-refractivity contribution in [3.8, 4) is 11.1 Å². The number of carbonyl (C=O) groups is 1. The second kappa shape index (κ2) is 3.77. The Balaban J connectivity index is 2.09. The van der Waals surface area contributed by atoms with E-state index in [-0.39, 0.29) is 11.6 Å². The van der Waals surface area contributed by atoms with Crippen molar-refractivity contribution in [3.05, 3.63) is 53.6 Å². The number of hydrogen-bond donors (Lipinski definition) is 0. The monoisotopic (exact) mass is 227 g/mol. The van der Waals surface area contributed by atoms with Crippen molar-refractivity contribution < 1.29 is 9.18 Å². The average molecular weight is 227 g/mol. The summed E-state index contributed by atoms with van der Waals surface area (Å²) in [7, 11) is 0. The van der Waals surface area contributed by atoms with E-state index in [0.717, 1.165) is 28.7 Å². The highest BCUT2D eigenvalue weighted by Crippen LogP contribution is 2.27. The summed E-state index contributed by atoms with van der Waals surface area (Å²) in [6.07, 6.45) is 4.17. The number of fused-ring (bicyclic) bond motifs is 1. The van der Waals surface area contributed by atoms with Gasteiger partial charge in [0.05, 0.1) is 6.20 Å². The first-order chi connectivity index (χ1) is 8.24. The van der Waals surface area contributed by atoms with Gasteiger partial charge in [0.15, 0.2) is 5.78 Å². The molecule has 1 aromatic carbocycles. The fraction of sp³-hybridized carbons (Fsp3) is 0.143. The van der Waals surface area contributed by atoms with Crippen LogP contribution in [-0.4, -0.2) is 10.8 Å². The molecular weight excluding hydrogens is 217 g/mol. The van der Waals surface area contributed by atoms with Crippen molar-refractivity contribution in [1.29, 1.82) is 0 Å². The molecule has 0 bridgehead atoms. The van der Waals surface area contributed by atoms with Gasteiger partial charge in [-0.25, -0.2) is 4.39 Å². The van der Waals surface area contributed by atoms with Crippen LogP contribution in [0, 0.1) is 5.82 Å². The van der Waals surface area contributed by atoms with Gasteiger partial charge in [0, 0.05) is 23.7 Å². The zero-order chi connectivity index (χ0) is 11.8. The highest BCUT2D eigenvalue weighted by Gasteiger charge is 2.19. The number of aromatic nitrogens is 1. The number of ketones is 1. The molecule has 0 amide bonds. The molecule has 1 aromatic heterocycles. The van der Waals surface area contributed by atoms with E-state index in [9.17, 15) is 9.18 Å². The van der Waals surface area contributed by atoms with Gasteiger partial charge in [-0.05, 0) is 23.6 Å². The largest absolute Gasteiger partial charge is 0.294 e. The van der Waals surface area contributed by atoms with Gasteiger partial charge in [0.25, 0.3) is 0 Å². The predicted octanol–water partition coefficient (Wildman–Crippen LogP) is 3.02. The molecule has 0 spiro atoms. The first kappa shape index (κ1) is 10.1. The number of carbonyl (C=O) groups excluding carboxylic acids is 1. The van der Waals surface area contributed by atoms with Gasteiger partial charge in [-0.1, -0.05) is 18.2 Å². The van der Waals surface area contributed by atoms with E-state index in [1.807, 2.05) is 18.2 Å². The molecule has 0 N–H and O–H groups in total. The third-order valence-corrected chi connectivity index (χ3v) is 3.07. The normalized spacial score (nSPS) is 13.8. The Bertz CT molecular complexity index is 607. The maximum absolute atomic E-state index is 13.1. The molecule has 1 aliphatic carbocycles. The maximum atomic E-state index is 13.1. The van der Waals surface area contributed by atoms with E-state index in [2.05, 4.69) is 4.98 Å². The topological polar surface area (TPSA) is 30.0 Å². The molecular formula is C14H10FNO. The van der Waals surface area contributed by atoms with Crippen LogP contribution in [-0.2, 0) is 6.42 Å². The number of nitrogens with zero attached hydrogens (tertiary/aromatic N) is 1. The van der Waals surface area contributed by atoms with Crippen molar-refractivity contribution in [3.63, 3.8) is 0 Å². The van der Waals surface area contributed by atoms with E-state index in [0.29, 0.717) is 6.42 Å². The van der Waals surface area contributed by atoms with Crippen LogP contribution >= 0.6 is 0 Å². The smallest absolute Gasteiger partial charge is 0.163 e. The lowest BCUT2D eigenvalue weighted by Crippen LogP contribution is -1.91. The van der Waals surface area contributed by atoms with Crippen LogP contribution < -0.4 is 0 Å². The molecule has 0 saturated carbocycles. The second-order valence-corrected chi connectivity index (χ2v) is 4.19. The van der Waals surface area contributed by atoms with Crippen molar-refractivity contribution in [2.45, 2.75) is 12.8 Å². The molecule has 2 nitrogen and oxygen atoms in total. The average Bonchev–Trinajstić information content (AvgIpc) is 2.71. The SMILES string of the molecule is O=C1CCc2cc(-c3cncc(F)c3)ccc21. The summed E-state index contributed by atoms with van der Waals surface area (Å²) in [5.74, 6) is -0.150. The molecule has 1 heterocycles. The Morgan fingerprint density at radius 2 is 1.94 bits per heavy atom. The second-order valence-electron chi connectivity index (χ2n) is 4.19. The van der Waals surface area contributed by atoms with Gasteiger partial charge in [0.2, 0.25) is 0 Å². The van der Waals surface area contributed by atoms with E-state index in [1.54, 1.807) is 6.20 Å². The molecule has 2 aromatic rings. The van der Waals surface area contributed by atoms with Gasteiger partial charge in [-0.2, -0.15) is 0 Å². The number of hydrogen-bond acceptors (Lipinski definition) is 2. The molecule has 1 aliphatic rings. The van der Waals surface area contributed by atoms with Crippen molar-refractivity contribution >= 4 is 5.78 Å². The van der Waals surface area contributed by atoms with E-state index in [4.69, 9.17) is 0 Å². The fourth-order valence-electron chi connectivity index (χ4n) is 2.20. The van der Waals surface area contributed by atoms with Gasteiger partial charge < -0.3 is 0 Å². The van der Waals surface area contributed by atoms with Crippen LogP contribution in [0.1, 0.15) is 22.3 Å². The zero-order valence-corrected chi connectivity index (χ0v) is 9.11. The predicted molar refractivity (Wildman–Crippen MR) is 62.3 cm³/mol. The lowest BCUT2D eigenvalue weighted by molar-refractivity contribution is 0.0994. The summed E-state index contributed by atoms with van der Waals surface area (Å²) in [5.41, 5.74) is 3.51. The Hall–Kier alpha value is -2.03. The minimum Gasteiger partial charge on any atom is -0.294 e. The summed E-state index contributed by atoms with van der Waals surface area (Å²) in [6.45, 7) is 0. The molecule has 0 aliphatic heterocycles. The molecule has 0 radical (unpaired) electrons. The van der Waals surface area contributed by atoms with Crippen LogP contribution in [0.3, 0.4) is 0 Å². The van der Waals surface area contributed by atoms with E-state index >= 15 is 0 Å². The van der Waals surface area contributed by atoms with Crippen LogP contribution in [0.2, 0.25) is 0 Å². The summed E-state index contributed by atoms with van der Waals surface area (Å²) in [6, 6.07) is 7.07. The molecule has 0 atom stereocenters. The molecule has 3 rings (SSSR count). The third-order valence-electron chi connectivity index (χ3n) is 3.07. The van der Waals surface area contributed by atoms with Crippen LogP contribution in [0.5, 0.6) is 0 Å². The standard InChI is InChI=1S/C14H10FNO/c15-12-6-11(7-16-8-12)9-1-3-13-10(5-9)2-4-14(13)17/h1,3,5-8H,2,4H2. The Morgan fingerprint density at radius 3 is 2.76 bits per heavy atom. The minimum atomic E-state index is -0.348. The number of pyridine rings is 1.